The first-order chi connectivity index (χ1) is 7.02. The summed E-state index contributed by atoms with van der Waals surface area (Å²) in [4.78, 5) is 17.4. The van der Waals surface area contributed by atoms with E-state index >= 15 is 0 Å². The predicted molar refractivity (Wildman–Crippen MR) is 63.3 cm³/mol. The van der Waals surface area contributed by atoms with Crippen molar-refractivity contribution in [3.8, 4) is 0 Å². The Morgan fingerprint density at radius 3 is 2.67 bits per heavy atom. The number of alkyl halides is 2. The maximum Gasteiger partial charge on any atom is 0.271 e. The molecular formula is C8H10Cl3N3O. The standard InChI is InChI=1S/C8H10Cl3N3O/c1-8(2-9,3-10)14-6-5(11)7(15)13-4-12-6/h4H,2-3H2,1H3,(H2,12,13,14,15). The molecule has 84 valence electrons. The quantitative estimate of drug-likeness (QED) is 0.824. The highest BCUT2D eigenvalue weighted by molar-refractivity contribution is 6.32. The van der Waals surface area contributed by atoms with Crippen LogP contribution in [0.5, 0.6) is 0 Å². The molecule has 1 rings (SSSR count). The fourth-order valence-electron chi connectivity index (χ4n) is 0.859. The van der Waals surface area contributed by atoms with Crippen LogP contribution >= 0.6 is 34.8 Å². The van der Waals surface area contributed by atoms with Crippen molar-refractivity contribution in [2.45, 2.75) is 12.5 Å². The average Bonchev–Trinajstić information content (AvgIpc) is 2.25. The van der Waals surface area contributed by atoms with Gasteiger partial charge < -0.3 is 10.3 Å². The molecule has 2 N–H and O–H groups in total. The van der Waals surface area contributed by atoms with Crippen molar-refractivity contribution in [3.63, 3.8) is 0 Å². The van der Waals surface area contributed by atoms with E-state index in [-0.39, 0.29) is 22.6 Å². The van der Waals surface area contributed by atoms with E-state index in [0.717, 1.165) is 0 Å². The van der Waals surface area contributed by atoms with Crippen LogP contribution in [0.3, 0.4) is 0 Å². The van der Waals surface area contributed by atoms with Gasteiger partial charge in [0.2, 0.25) is 0 Å². The van der Waals surface area contributed by atoms with Gasteiger partial charge in [0.25, 0.3) is 5.56 Å². The molecular weight excluding hydrogens is 260 g/mol. The van der Waals surface area contributed by atoms with E-state index in [0.29, 0.717) is 0 Å². The van der Waals surface area contributed by atoms with E-state index < -0.39 is 11.1 Å². The number of hydrogen-bond acceptors (Lipinski definition) is 3. The number of nitrogens with zero attached hydrogens (tertiary/aromatic N) is 1. The van der Waals surface area contributed by atoms with Crippen LogP contribution in [0.15, 0.2) is 11.1 Å². The summed E-state index contributed by atoms with van der Waals surface area (Å²) in [5, 5.41) is 2.94. The molecule has 7 heteroatoms. The van der Waals surface area contributed by atoms with Gasteiger partial charge in [-0.05, 0) is 6.92 Å². The monoisotopic (exact) mass is 269 g/mol. The second-order valence-electron chi connectivity index (χ2n) is 3.35. The lowest BCUT2D eigenvalue weighted by Crippen LogP contribution is -2.39. The minimum Gasteiger partial charge on any atom is -0.361 e. The topological polar surface area (TPSA) is 57.8 Å². The minimum absolute atomic E-state index is 0.000965. The van der Waals surface area contributed by atoms with Gasteiger partial charge in [0.15, 0.2) is 5.82 Å². The molecule has 0 aliphatic heterocycles. The molecule has 4 nitrogen and oxygen atoms in total. The molecule has 0 fully saturated rings. The molecule has 0 aromatic carbocycles. The van der Waals surface area contributed by atoms with Crippen molar-refractivity contribution in [1.82, 2.24) is 9.97 Å². The van der Waals surface area contributed by atoms with E-state index in [1.807, 2.05) is 6.92 Å². The Morgan fingerprint density at radius 1 is 1.53 bits per heavy atom. The van der Waals surface area contributed by atoms with Crippen LogP contribution in [0.25, 0.3) is 0 Å². The SMILES string of the molecule is CC(CCl)(CCl)Nc1nc[nH]c(=O)c1Cl. The number of aromatic nitrogens is 2. The second-order valence-corrected chi connectivity index (χ2v) is 4.26. The van der Waals surface area contributed by atoms with E-state index in [1.54, 1.807) is 0 Å². The number of nitrogens with one attached hydrogen (secondary N) is 2. The summed E-state index contributed by atoms with van der Waals surface area (Å²) in [6, 6.07) is 0. The van der Waals surface area contributed by atoms with Crippen molar-refractivity contribution in [1.29, 1.82) is 0 Å². The number of hydrogen-bond donors (Lipinski definition) is 2. The fourth-order valence-corrected chi connectivity index (χ4v) is 1.43. The van der Waals surface area contributed by atoms with Crippen LogP contribution in [0.2, 0.25) is 5.02 Å². The molecule has 1 heterocycles. The summed E-state index contributed by atoms with van der Waals surface area (Å²) in [6.07, 6.45) is 1.26. The van der Waals surface area contributed by atoms with Gasteiger partial charge in [-0.25, -0.2) is 4.98 Å². The number of anilines is 1. The first kappa shape index (κ1) is 12.6. The van der Waals surface area contributed by atoms with Gasteiger partial charge in [-0.1, -0.05) is 11.6 Å². The van der Waals surface area contributed by atoms with E-state index in [1.165, 1.54) is 6.33 Å². The van der Waals surface area contributed by atoms with Crippen LogP contribution in [0.4, 0.5) is 5.82 Å². The Morgan fingerprint density at radius 2 is 2.13 bits per heavy atom. The maximum atomic E-state index is 11.2. The van der Waals surface area contributed by atoms with Crippen LogP contribution in [-0.4, -0.2) is 27.3 Å². The Bertz CT molecular complexity index is 389. The Labute approximate surface area is 102 Å². The van der Waals surface area contributed by atoms with E-state index in [2.05, 4.69) is 15.3 Å². The van der Waals surface area contributed by atoms with Gasteiger partial charge >= 0.3 is 0 Å². The normalized spacial score (nSPS) is 11.5. The second kappa shape index (κ2) is 5.05. The maximum absolute atomic E-state index is 11.2. The summed E-state index contributed by atoms with van der Waals surface area (Å²) in [6.45, 7) is 1.81. The molecule has 0 bridgehead atoms. The molecule has 0 atom stereocenters. The lowest BCUT2D eigenvalue weighted by atomic mass is 10.1. The van der Waals surface area contributed by atoms with Crippen molar-refractivity contribution < 1.29 is 0 Å². The van der Waals surface area contributed by atoms with Crippen LogP contribution in [-0.2, 0) is 0 Å². The smallest absolute Gasteiger partial charge is 0.271 e. The zero-order chi connectivity index (χ0) is 11.5. The van der Waals surface area contributed by atoms with Gasteiger partial charge in [-0.3, -0.25) is 4.79 Å². The van der Waals surface area contributed by atoms with Gasteiger partial charge in [-0.2, -0.15) is 0 Å². The number of rotatable bonds is 4. The zero-order valence-corrected chi connectivity index (χ0v) is 10.2. The highest BCUT2D eigenvalue weighted by Gasteiger charge is 2.23. The van der Waals surface area contributed by atoms with Crippen molar-refractivity contribution >= 4 is 40.6 Å². The van der Waals surface area contributed by atoms with Gasteiger partial charge in [0.05, 0.1) is 11.9 Å². The molecule has 0 radical (unpaired) electrons. The van der Waals surface area contributed by atoms with Crippen LogP contribution in [0, 0.1) is 0 Å². The largest absolute Gasteiger partial charge is 0.361 e. The Balaban J connectivity index is 2.99. The third-order valence-electron chi connectivity index (χ3n) is 1.81. The molecule has 1 aromatic rings. The molecule has 0 aliphatic carbocycles. The first-order valence-corrected chi connectivity index (χ1v) is 5.60. The molecule has 15 heavy (non-hydrogen) atoms. The van der Waals surface area contributed by atoms with Crippen molar-refractivity contribution in [2.75, 3.05) is 17.1 Å². The number of halogens is 3. The molecule has 0 amide bonds. The minimum atomic E-state index is -0.548. The summed E-state index contributed by atoms with van der Waals surface area (Å²) in [5.74, 6) is 0.840. The van der Waals surface area contributed by atoms with Gasteiger partial charge in [0.1, 0.15) is 5.02 Å². The Hall–Kier alpha value is -0.450. The number of aromatic amines is 1. The summed E-state index contributed by atoms with van der Waals surface area (Å²) < 4.78 is 0. The third-order valence-corrected chi connectivity index (χ3v) is 3.34. The zero-order valence-electron chi connectivity index (χ0n) is 7.98. The molecule has 0 saturated carbocycles. The predicted octanol–water partition coefficient (Wildman–Crippen LogP) is 2.07. The lowest BCUT2D eigenvalue weighted by molar-refractivity contribution is 0.644. The molecule has 0 spiro atoms. The molecule has 0 saturated heterocycles. The molecule has 0 aliphatic rings. The van der Waals surface area contributed by atoms with Gasteiger partial charge in [-0.15, -0.1) is 23.2 Å². The molecule has 0 unspecified atom stereocenters. The van der Waals surface area contributed by atoms with Crippen LogP contribution < -0.4 is 10.9 Å². The fraction of sp³-hybridized carbons (Fsp3) is 0.500. The summed E-state index contributed by atoms with van der Waals surface area (Å²) in [5.41, 5.74) is -0.950. The van der Waals surface area contributed by atoms with E-state index in [9.17, 15) is 4.79 Å². The number of H-pyrrole nitrogens is 1. The Kier molecular flexibility index (Phi) is 4.25. The third kappa shape index (κ3) is 3.00. The highest BCUT2D eigenvalue weighted by Crippen LogP contribution is 2.20. The van der Waals surface area contributed by atoms with E-state index in [4.69, 9.17) is 34.8 Å². The summed E-state index contributed by atoms with van der Waals surface area (Å²) in [7, 11) is 0. The highest BCUT2D eigenvalue weighted by atomic mass is 35.5. The molecule has 1 aromatic heterocycles. The van der Waals surface area contributed by atoms with Crippen molar-refractivity contribution in [2.24, 2.45) is 0 Å². The van der Waals surface area contributed by atoms with Gasteiger partial charge in [0, 0.05) is 11.8 Å². The lowest BCUT2D eigenvalue weighted by Gasteiger charge is -2.26. The van der Waals surface area contributed by atoms with Crippen molar-refractivity contribution in [3.05, 3.63) is 21.7 Å². The summed E-state index contributed by atoms with van der Waals surface area (Å²) >= 11 is 17.3. The first-order valence-electron chi connectivity index (χ1n) is 4.16. The van der Waals surface area contributed by atoms with Crippen LogP contribution in [0.1, 0.15) is 6.92 Å². The average molecular weight is 271 g/mol.